The van der Waals surface area contributed by atoms with Crippen LogP contribution in [0, 0.1) is 5.92 Å². The third-order valence-electron chi connectivity index (χ3n) is 4.10. The summed E-state index contributed by atoms with van der Waals surface area (Å²) in [6.07, 6.45) is 3.05. The first-order valence-corrected chi connectivity index (χ1v) is 9.50. The first kappa shape index (κ1) is 18.3. The number of carbonyl (C=O) groups is 1. The number of likely N-dealkylation sites (tertiary alicyclic amines) is 1. The molecule has 1 aliphatic heterocycles. The molecule has 5 heteroatoms. The SMILES string of the molecule is CCCNC(Cc1cccs1)C1CCN(C(=O)OC(C)(C)C)C1. The fraction of sp³-hybridized carbons (Fsp3) is 0.722. The van der Waals surface area contributed by atoms with Gasteiger partial charge in [0, 0.05) is 24.0 Å². The van der Waals surface area contributed by atoms with Crippen molar-refractivity contribution in [2.24, 2.45) is 5.92 Å². The van der Waals surface area contributed by atoms with Gasteiger partial charge in [-0.3, -0.25) is 0 Å². The summed E-state index contributed by atoms with van der Waals surface area (Å²) in [5, 5.41) is 5.82. The van der Waals surface area contributed by atoms with E-state index in [2.05, 4.69) is 29.8 Å². The topological polar surface area (TPSA) is 41.6 Å². The summed E-state index contributed by atoms with van der Waals surface area (Å²) < 4.78 is 5.51. The summed E-state index contributed by atoms with van der Waals surface area (Å²) in [6, 6.07) is 4.74. The molecule has 1 aliphatic rings. The summed E-state index contributed by atoms with van der Waals surface area (Å²) in [6.45, 7) is 10.6. The molecule has 1 aromatic rings. The third kappa shape index (κ3) is 5.81. The molecule has 2 heterocycles. The number of ether oxygens (including phenoxy) is 1. The Balaban J connectivity index is 1.93. The van der Waals surface area contributed by atoms with Crippen molar-refractivity contribution >= 4 is 17.4 Å². The van der Waals surface area contributed by atoms with Crippen molar-refractivity contribution in [3.8, 4) is 0 Å². The van der Waals surface area contributed by atoms with Gasteiger partial charge in [-0.05, 0) is 63.9 Å². The molecular weight excluding hydrogens is 308 g/mol. The van der Waals surface area contributed by atoms with Crippen molar-refractivity contribution in [3.05, 3.63) is 22.4 Å². The number of amides is 1. The van der Waals surface area contributed by atoms with Gasteiger partial charge in [-0.25, -0.2) is 4.79 Å². The second-order valence-electron chi connectivity index (χ2n) is 7.32. The highest BCUT2D eigenvalue weighted by atomic mass is 32.1. The highest BCUT2D eigenvalue weighted by molar-refractivity contribution is 7.09. The molecule has 2 unspecified atom stereocenters. The Labute approximate surface area is 144 Å². The molecule has 1 aromatic heterocycles. The van der Waals surface area contributed by atoms with E-state index in [9.17, 15) is 4.79 Å². The molecule has 130 valence electrons. The molecule has 0 spiro atoms. The van der Waals surface area contributed by atoms with Gasteiger partial charge in [0.25, 0.3) is 0 Å². The minimum Gasteiger partial charge on any atom is -0.444 e. The Hall–Kier alpha value is -1.07. The maximum atomic E-state index is 12.2. The largest absolute Gasteiger partial charge is 0.444 e. The first-order valence-electron chi connectivity index (χ1n) is 8.62. The molecule has 1 fully saturated rings. The lowest BCUT2D eigenvalue weighted by molar-refractivity contribution is 0.0285. The van der Waals surface area contributed by atoms with Gasteiger partial charge in [0.1, 0.15) is 5.60 Å². The third-order valence-corrected chi connectivity index (χ3v) is 5.00. The van der Waals surface area contributed by atoms with Crippen molar-refractivity contribution in [2.45, 2.75) is 58.6 Å². The maximum absolute atomic E-state index is 12.2. The molecule has 0 radical (unpaired) electrons. The van der Waals surface area contributed by atoms with E-state index < -0.39 is 5.60 Å². The number of carbonyl (C=O) groups excluding carboxylic acids is 1. The molecule has 0 aliphatic carbocycles. The number of nitrogens with zero attached hydrogens (tertiary/aromatic N) is 1. The molecule has 0 bridgehead atoms. The molecule has 1 N–H and O–H groups in total. The van der Waals surface area contributed by atoms with Crippen LogP contribution in [0.25, 0.3) is 0 Å². The summed E-state index contributed by atoms with van der Waals surface area (Å²) in [7, 11) is 0. The number of hydrogen-bond acceptors (Lipinski definition) is 4. The van der Waals surface area contributed by atoms with Crippen LogP contribution in [0.3, 0.4) is 0 Å². The second kappa shape index (κ2) is 8.15. The van der Waals surface area contributed by atoms with Crippen LogP contribution in [-0.2, 0) is 11.2 Å². The van der Waals surface area contributed by atoms with Gasteiger partial charge in [-0.1, -0.05) is 13.0 Å². The van der Waals surface area contributed by atoms with Crippen LogP contribution >= 0.6 is 11.3 Å². The summed E-state index contributed by atoms with van der Waals surface area (Å²) in [4.78, 5) is 15.5. The van der Waals surface area contributed by atoms with E-state index in [0.717, 1.165) is 38.9 Å². The van der Waals surface area contributed by atoms with Gasteiger partial charge in [-0.15, -0.1) is 11.3 Å². The summed E-state index contributed by atoms with van der Waals surface area (Å²) in [5.41, 5.74) is -0.425. The van der Waals surface area contributed by atoms with Crippen molar-refractivity contribution < 1.29 is 9.53 Å². The highest BCUT2D eigenvalue weighted by Gasteiger charge is 2.33. The van der Waals surface area contributed by atoms with Crippen LogP contribution in [0.1, 0.15) is 45.4 Å². The Bertz CT molecular complexity index is 482. The highest BCUT2D eigenvalue weighted by Crippen LogP contribution is 2.25. The standard InChI is InChI=1S/C18H30N2O2S/c1-5-9-19-16(12-15-7-6-11-23-15)14-8-10-20(13-14)17(21)22-18(2,3)4/h6-7,11,14,16,19H,5,8-10,12-13H2,1-4H3. The van der Waals surface area contributed by atoms with Crippen molar-refractivity contribution in [2.75, 3.05) is 19.6 Å². The Morgan fingerprint density at radius 2 is 2.30 bits per heavy atom. The molecular formula is C18H30N2O2S. The Morgan fingerprint density at radius 1 is 1.52 bits per heavy atom. The van der Waals surface area contributed by atoms with E-state index in [0.29, 0.717) is 12.0 Å². The van der Waals surface area contributed by atoms with Gasteiger partial charge >= 0.3 is 6.09 Å². The Kier molecular flexibility index (Phi) is 6.48. The predicted octanol–water partition coefficient (Wildman–Crippen LogP) is 3.92. The van der Waals surface area contributed by atoms with Gasteiger partial charge in [0.2, 0.25) is 0 Å². The van der Waals surface area contributed by atoms with Gasteiger partial charge in [0.15, 0.2) is 0 Å². The van der Waals surface area contributed by atoms with Crippen LogP contribution in [0.4, 0.5) is 4.79 Å². The van der Waals surface area contributed by atoms with E-state index in [1.54, 1.807) is 0 Å². The van der Waals surface area contributed by atoms with Crippen molar-refractivity contribution in [3.63, 3.8) is 0 Å². The zero-order valence-corrected chi connectivity index (χ0v) is 15.6. The molecule has 2 atom stereocenters. The Morgan fingerprint density at radius 3 is 2.91 bits per heavy atom. The monoisotopic (exact) mass is 338 g/mol. The van der Waals surface area contributed by atoms with Crippen LogP contribution in [0.15, 0.2) is 17.5 Å². The molecule has 4 nitrogen and oxygen atoms in total. The summed E-state index contributed by atoms with van der Waals surface area (Å²) >= 11 is 1.81. The summed E-state index contributed by atoms with van der Waals surface area (Å²) in [5.74, 6) is 0.496. The van der Waals surface area contributed by atoms with Gasteiger partial charge < -0.3 is 15.0 Å². The zero-order valence-electron chi connectivity index (χ0n) is 14.8. The van der Waals surface area contributed by atoms with Crippen LogP contribution in [0.5, 0.6) is 0 Å². The number of nitrogens with one attached hydrogen (secondary N) is 1. The number of rotatable bonds is 6. The first-order chi connectivity index (χ1) is 10.9. The van der Waals surface area contributed by atoms with E-state index in [-0.39, 0.29) is 6.09 Å². The lowest BCUT2D eigenvalue weighted by atomic mass is 9.95. The fourth-order valence-corrected chi connectivity index (χ4v) is 3.75. The quantitative estimate of drug-likeness (QED) is 0.855. The molecule has 0 saturated carbocycles. The minimum absolute atomic E-state index is 0.176. The fourth-order valence-electron chi connectivity index (χ4n) is 2.99. The van der Waals surface area contributed by atoms with Crippen LogP contribution < -0.4 is 5.32 Å². The van der Waals surface area contributed by atoms with E-state index in [1.807, 2.05) is 37.0 Å². The lowest BCUT2D eigenvalue weighted by Crippen LogP contribution is -2.41. The zero-order chi connectivity index (χ0) is 16.9. The van der Waals surface area contributed by atoms with Crippen LogP contribution in [-0.4, -0.2) is 42.3 Å². The molecule has 23 heavy (non-hydrogen) atoms. The van der Waals surface area contributed by atoms with Crippen LogP contribution in [0.2, 0.25) is 0 Å². The normalized spacial score (nSPS) is 19.8. The smallest absolute Gasteiger partial charge is 0.410 e. The predicted molar refractivity (Wildman–Crippen MR) is 96.0 cm³/mol. The second-order valence-corrected chi connectivity index (χ2v) is 8.35. The van der Waals surface area contributed by atoms with Gasteiger partial charge in [0.05, 0.1) is 0 Å². The number of thiophene rings is 1. The van der Waals surface area contributed by atoms with Crippen molar-refractivity contribution in [1.82, 2.24) is 10.2 Å². The average molecular weight is 339 g/mol. The van der Waals surface area contributed by atoms with E-state index >= 15 is 0 Å². The molecule has 1 amide bonds. The van der Waals surface area contributed by atoms with Gasteiger partial charge in [-0.2, -0.15) is 0 Å². The van der Waals surface area contributed by atoms with E-state index in [1.165, 1.54) is 4.88 Å². The lowest BCUT2D eigenvalue weighted by Gasteiger charge is -2.26. The number of hydrogen-bond donors (Lipinski definition) is 1. The van der Waals surface area contributed by atoms with E-state index in [4.69, 9.17) is 4.74 Å². The van der Waals surface area contributed by atoms with Crippen molar-refractivity contribution in [1.29, 1.82) is 0 Å². The molecule has 2 rings (SSSR count). The maximum Gasteiger partial charge on any atom is 0.410 e. The average Bonchev–Trinajstić information content (AvgIpc) is 3.12. The molecule has 1 saturated heterocycles. The minimum atomic E-state index is -0.425. The molecule has 0 aromatic carbocycles.